The zero-order chi connectivity index (χ0) is 20.5. The Hall–Kier alpha value is -2.53. The second-order valence-electron chi connectivity index (χ2n) is 7.35. The molecule has 0 bridgehead atoms. The van der Waals surface area contributed by atoms with Crippen LogP contribution in [-0.2, 0) is 22.6 Å². The van der Waals surface area contributed by atoms with E-state index in [9.17, 15) is 9.59 Å². The second-order valence-corrected chi connectivity index (χ2v) is 7.75. The standard InChI is InChI=1S/C23H28ClN3O2/c24-21-8-4-3-7-19(21)17-26-23(29)22(28)25-14-13-18-9-11-20(12-10-18)27-15-5-1-2-6-16-27/h3-4,7-12H,1-2,5-6,13-17H2,(H,25,28)(H,26,29). The van der Waals surface area contributed by atoms with Crippen LogP contribution in [0.15, 0.2) is 48.5 Å². The Morgan fingerprint density at radius 2 is 1.52 bits per heavy atom. The molecule has 2 aromatic rings. The average Bonchev–Trinajstić information content (AvgIpc) is 3.03. The van der Waals surface area contributed by atoms with Gasteiger partial charge in [0, 0.05) is 36.9 Å². The van der Waals surface area contributed by atoms with Gasteiger partial charge in [0.25, 0.3) is 0 Å². The number of nitrogens with zero attached hydrogens (tertiary/aromatic N) is 1. The molecular weight excluding hydrogens is 386 g/mol. The van der Waals surface area contributed by atoms with Crippen LogP contribution in [0.5, 0.6) is 0 Å². The number of hydrogen-bond donors (Lipinski definition) is 2. The first-order valence-electron chi connectivity index (χ1n) is 10.3. The van der Waals surface area contributed by atoms with Crippen LogP contribution in [0, 0.1) is 0 Å². The first-order valence-corrected chi connectivity index (χ1v) is 10.6. The highest BCUT2D eigenvalue weighted by atomic mass is 35.5. The molecule has 0 atom stereocenters. The Balaban J connectivity index is 1.40. The molecule has 29 heavy (non-hydrogen) atoms. The normalized spacial score (nSPS) is 14.2. The Kier molecular flexibility index (Phi) is 7.94. The molecule has 0 radical (unpaired) electrons. The van der Waals surface area contributed by atoms with Crippen molar-refractivity contribution in [2.75, 3.05) is 24.5 Å². The summed E-state index contributed by atoms with van der Waals surface area (Å²) in [7, 11) is 0. The van der Waals surface area contributed by atoms with Gasteiger partial charge in [0.05, 0.1) is 0 Å². The van der Waals surface area contributed by atoms with E-state index in [-0.39, 0.29) is 6.54 Å². The summed E-state index contributed by atoms with van der Waals surface area (Å²) in [5.41, 5.74) is 3.18. The van der Waals surface area contributed by atoms with Crippen LogP contribution >= 0.6 is 11.6 Å². The van der Waals surface area contributed by atoms with Gasteiger partial charge in [-0.1, -0.05) is 54.8 Å². The third-order valence-corrected chi connectivity index (χ3v) is 5.58. The largest absolute Gasteiger partial charge is 0.372 e. The lowest BCUT2D eigenvalue weighted by Crippen LogP contribution is -2.40. The summed E-state index contributed by atoms with van der Waals surface area (Å²) < 4.78 is 0. The highest BCUT2D eigenvalue weighted by Gasteiger charge is 2.13. The number of carbonyl (C=O) groups is 2. The third-order valence-electron chi connectivity index (χ3n) is 5.21. The van der Waals surface area contributed by atoms with Crippen molar-refractivity contribution in [2.45, 2.75) is 38.6 Å². The highest BCUT2D eigenvalue weighted by molar-refractivity contribution is 6.35. The van der Waals surface area contributed by atoms with Crippen LogP contribution < -0.4 is 15.5 Å². The molecule has 3 rings (SSSR count). The van der Waals surface area contributed by atoms with Gasteiger partial charge in [-0.25, -0.2) is 0 Å². The van der Waals surface area contributed by atoms with Gasteiger partial charge >= 0.3 is 11.8 Å². The number of amides is 2. The van der Waals surface area contributed by atoms with Gasteiger partial charge in [-0.05, 0) is 48.6 Å². The lowest BCUT2D eigenvalue weighted by Gasteiger charge is -2.22. The predicted molar refractivity (Wildman–Crippen MR) is 117 cm³/mol. The fourth-order valence-corrected chi connectivity index (χ4v) is 3.70. The molecule has 1 fully saturated rings. The topological polar surface area (TPSA) is 61.4 Å². The van der Waals surface area contributed by atoms with Gasteiger partial charge < -0.3 is 15.5 Å². The summed E-state index contributed by atoms with van der Waals surface area (Å²) in [4.78, 5) is 26.4. The molecule has 0 aromatic heterocycles. The molecule has 154 valence electrons. The van der Waals surface area contributed by atoms with Crippen molar-refractivity contribution in [3.63, 3.8) is 0 Å². The van der Waals surface area contributed by atoms with Crippen molar-refractivity contribution in [1.29, 1.82) is 0 Å². The first kappa shape index (κ1) is 21.2. The van der Waals surface area contributed by atoms with Gasteiger partial charge in [0.2, 0.25) is 0 Å². The molecule has 0 saturated carbocycles. The van der Waals surface area contributed by atoms with Crippen molar-refractivity contribution >= 4 is 29.1 Å². The zero-order valence-corrected chi connectivity index (χ0v) is 17.4. The monoisotopic (exact) mass is 413 g/mol. The minimum absolute atomic E-state index is 0.226. The molecule has 0 aliphatic carbocycles. The van der Waals surface area contributed by atoms with Crippen LogP contribution in [-0.4, -0.2) is 31.4 Å². The number of hydrogen-bond acceptors (Lipinski definition) is 3. The zero-order valence-electron chi connectivity index (χ0n) is 16.6. The van der Waals surface area contributed by atoms with Crippen LogP contribution in [0.4, 0.5) is 5.69 Å². The minimum Gasteiger partial charge on any atom is -0.372 e. The van der Waals surface area contributed by atoms with E-state index in [2.05, 4.69) is 39.8 Å². The third kappa shape index (κ3) is 6.50. The molecule has 1 aliphatic rings. The number of halogens is 1. The molecule has 1 aliphatic heterocycles. The predicted octanol–water partition coefficient (Wildman–Crippen LogP) is 3.70. The quantitative estimate of drug-likeness (QED) is 0.710. The molecule has 1 saturated heterocycles. The molecule has 5 nitrogen and oxygen atoms in total. The van der Waals surface area contributed by atoms with Crippen molar-refractivity contribution in [3.05, 3.63) is 64.7 Å². The fourth-order valence-electron chi connectivity index (χ4n) is 3.50. The Morgan fingerprint density at radius 1 is 0.862 bits per heavy atom. The summed E-state index contributed by atoms with van der Waals surface area (Å²) >= 11 is 6.05. The van der Waals surface area contributed by atoms with Crippen molar-refractivity contribution in [2.24, 2.45) is 0 Å². The number of anilines is 1. The molecule has 2 amide bonds. The number of benzene rings is 2. The van der Waals surface area contributed by atoms with E-state index in [1.807, 2.05) is 18.2 Å². The van der Waals surface area contributed by atoms with E-state index in [1.165, 1.54) is 31.4 Å². The highest BCUT2D eigenvalue weighted by Crippen LogP contribution is 2.20. The summed E-state index contributed by atoms with van der Waals surface area (Å²) in [6.45, 7) is 2.89. The van der Waals surface area contributed by atoms with Crippen LogP contribution in [0.3, 0.4) is 0 Å². The van der Waals surface area contributed by atoms with Gasteiger partial charge in [-0.15, -0.1) is 0 Å². The average molecular weight is 414 g/mol. The van der Waals surface area contributed by atoms with E-state index < -0.39 is 11.8 Å². The van der Waals surface area contributed by atoms with Gasteiger partial charge in [-0.3, -0.25) is 9.59 Å². The van der Waals surface area contributed by atoms with E-state index in [0.29, 0.717) is 18.0 Å². The van der Waals surface area contributed by atoms with Crippen LogP contribution in [0.2, 0.25) is 5.02 Å². The van der Waals surface area contributed by atoms with Crippen LogP contribution in [0.1, 0.15) is 36.8 Å². The molecule has 6 heteroatoms. The molecular formula is C23H28ClN3O2. The maximum atomic E-state index is 12.0. The first-order chi connectivity index (χ1) is 14.1. The smallest absolute Gasteiger partial charge is 0.309 e. The molecule has 0 unspecified atom stereocenters. The molecule has 2 N–H and O–H groups in total. The Bertz CT molecular complexity index is 815. The van der Waals surface area contributed by atoms with Crippen molar-refractivity contribution in [3.8, 4) is 0 Å². The summed E-state index contributed by atoms with van der Waals surface area (Å²) in [6.07, 6.45) is 5.84. The SMILES string of the molecule is O=C(NCCc1ccc(N2CCCCCC2)cc1)C(=O)NCc1ccccc1Cl. The lowest BCUT2D eigenvalue weighted by atomic mass is 10.1. The lowest BCUT2D eigenvalue weighted by molar-refractivity contribution is -0.139. The number of carbonyl (C=O) groups excluding carboxylic acids is 2. The summed E-state index contributed by atoms with van der Waals surface area (Å²) in [6, 6.07) is 15.7. The van der Waals surface area contributed by atoms with Crippen LogP contribution in [0.25, 0.3) is 0 Å². The molecule has 0 spiro atoms. The van der Waals surface area contributed by atoms with Gasteiger partial charge in [-0.2, -0.15) is 0 Å². The van der Waals surface area contributed by atoms with Gasteiger partial charge in [0.15, 0.2) is 0 Å². The van der Waals surface area contributed by atoms with E-state index in [4.69, 9.17) is 11.6 Å². The number of rotatable bonds is 6. The fraction of sp³-hybridized carbons (Fsp3) is 0.391. The van der Waals surface area contributed by atoms with Crippen molar-refractivity contribution in [1.82, 2.24) is 10.6 Å². The van der Waals surface area contributed by atoms with E-state index in [1.54, 1.807) is 6.07 Å². The Labute approximate surface area is 177 Å². The molecule has 2 aromatic carbocycles. The van der Waals surface area contributed by atoms with Gasteiger partial charge in [0.1, 0.15) is 0 Å². The van der Waals surface area contributed by atoms with Crippen molar-refractivity contribution < 1.29 is 9.59 Å². The molecule has 1 heterocycles. The maximum Gasteiger partial charge on any atom is 0.309 e. The minimum atomic E-state index is -0.651. The number of nitrogens with one attached hydrogen (secondary N) is 2. The van der Waals surface area contributed by atoms with E-state index in [0.717, 1.165) is 24.2 Å². The summed E-state index contributed by atoms with van der Waals surface area (Å²) in [5.74, 6) is -1.28. The second kappa shape index (κ2) is 10.9. The maximum absolute atomic E-state index is 12.0. The van der Waals surface area contributed by atoms with E-state index >= 15 is 0 Å². The Morgan fingerprint density at radius 3 is 2.21 bits per heavy atom. The summed E-state index contributed by atoms with van der Waals surface area (Å²) in [5, 5.41) is 5.84.